The van der Waals surface area contributed by atoms with Gasteiger partial charge in [-0.3, -0.25) is 9.59 Å². The molecule has 2 atom stereocenters. The Bertz CT molecular complexity index is 1910. The molecular weight excluding hydrogens is 893 g/mol. The first-order chi connectivity index (χ1) is 28.3. The molecule has 0 bridgehead atoms. The molecule has 0 saturated carbocycles. The number of hydrogen-bond donors (Lipinski definition) is 1. The van der Waals surface area contributed by atoms with E-state index in [1.807, 2.05) is 41.5 Å². The van der Waals surface area contributed by atoms with Crippen LogP contribution in [0.5, 0.6) is 11.5 Å². The standard InChI is InChI=1S/C22H35NO6S.C15H23NO4S.C7H13BrO2/c1-16-13-19(27-6)14-17(2)21(16)30(25,26)23-11-8-7-9-18(23)15-28-12-10-20(24)29-22(3,4)5;1-11-8-14(20-3)9-12(2)15(11)21(18,19)16-7-5-4-6-13(16)10-17;1-7(2,3)10-6(9)4-5-8/h13-14,18H,7-12,15H2,1-6H3;8-9,13,17H,4-7,10H2,1-3H3;4-5H2,1-3H3. The van der Waals surface area contributed by atoms with Crippen LogP contribution in [0, 0.1) is 27.7 Å². The minimum absolute atomic E-state index is 0.131. The SMILES string of the molecule is CC(C)(C)OC(=O)CCBr.COc1cc(C)c(S(=O)(=O)N2CCCCC2CO)c(C)c1.COc1cc(C)c(S(=O)(=O)N2CCCCC2COCCC(=O)OC(C)(C)C)c(C)c1. The molecule has 0 spiro atoms. The summed E-state index contributed by atoms with van der Waals surface area (Å²) in [5.41, 5.74) is 1.81. The Morgan fingerprint density at radius 1 is 0.672 bits per heavy atom. The third-order valence-corrected chi connectivity index (χ3v) is 14.6. The fourth-order valence-electron chi connectivity index (χ4n) is 7.27. The summed E-state index contributed by atoms with van der Waals surface area (Å²) in [5, 5.41) is 10.1. The number of aliphatic hydroxyl groups excluding tert-OH is 1. The van der Waals surface area contributed by atoms with Crippen molar-refractivity contribution < 1.29 is 55.2 Å². The highest BCUT2D eigenvalue weighted by Gasteiger charge is 2.37. The predicted molar refractivity (Wildman–Crippen MR) is 241 cm³/mol. The predicted octanol–water partition coefficient (Wildman–Crippen LogP) is 7.56. The Labute approximate surface area is 374 Å². The van der Waals surface area contributed by atoms with Gasteiger partial charge >= 0.3 is 11.9 Å². The monoisotopic (exact) mass is 962 g/mol. The zero-order valence-electron chi connectivity index (χ0n) is 38.4. The van der Waals surface area contributed by atoms with Crippen LogP contribution >= 0.6 is 15.9 Å². The van der Waals surface area contributed by atoms with Gasteiger partial charge in [0.05, 0.1) is 56.7 Å². The van der Waals surface area contributed by atoms with Gasteiger partial charge in [0, 0.05) is 30.5 Å². The molecule has 348 valence electrons. The minimum Gasteiger partial charge on any atom is -0.497 e. The van der Waals surface area contributed by atoms with Crippen molar-refractivity contribution in [3.8, 4) is 11.5 Å². The molecule has 2 aromatic carbocycles. The number of ether oxygens (including phenoxy) is 5. The fourth-order valence-corrected chi connectivity index (χ4v) is 11.8. The maximum atomic E-state index is 13.5. The number of benzene rings is 2. The van der Waals surface area contributed by atoms with Gasteiger partial charge in [-0.05, 0) is 141 Å². The molecule has 2 aliphatic rings. The number of carbonyl (C=O) groups is 2. The summed E-state index contributed by atoms with van der Waals surface area (Å²) in [4.78, 5) is 23.3. The number of rotatable bonds is 14. The van der Waals surface area contributed by atoms with E-state index in [0.717, 1.165) is 32.1 Å². The second-order valence-electron chi connectivity index (χ2n) is 17.3. The van der Waals surface area contributed by atoms with E-state index in [-0.39, 0.29) is 55.9 Å². The number of halogens is 1. The lowest BCUT2D eigenvalue weighted by Crippen LogP contribution is -2.46. The molecule has 2 unspecified atom stereocenters. The summed E-state index contributed by atoms with van der Waals surface area (Å²) in [6.07, 6.45) is 5.60. The molecule has 2 aliphatic heterocycles. The topological polar surface area (TPSA) is 175 Å². The maximum Gasteiger partial charge on any atom is 0.308 e. The highest BCUT2D eigenvalue weighted by molar-refractivity contribution is 9.09. The average molecular weight is 964 g/mol. The third kappa shape index (κ3) is 17.0. The molecule has 2 fully saturated rings. The number of hydrogen-bond acceptors (Lipinski definition) is 12. The normalized spacial score (nSPS) is 17.9. The molecule has 61 heavy (non-hydrogen) atoms. The zero-order chi connectivity index (χ0) is 46.3. The van der Waals surface area contributed by atoms with Crippen LogP contribution in [0.2, 0.25) is 0 Å². The highest BCUT2D eigenvalue weighted by Crippen LogP contribution is 2.33. The largest absolute Gasteiger partial charge is 0.497 e. The Hall–Kier alpha value is -2.80. The number of esters is 2. The summed E-state index contributed by atoms with van der Waals surface area (Å²) in [6, 6.07) is 6.40. The zero-order valence-corrected chi connectivity index (χ0v) is 41.6. The Morgan fingerprint density at radius 3 is 1.41 bits per heavy atom. The lowest BCUT2D eigenvalue weighted by Gasteiger charge is -2.35. The van der Waals surface area contributed by atoms with Gasteiger partial charge in [-0.2, -0.15) is 8.61 Å². The van der Waals surface area contributed by atoms with Gasteiger partial charge in [0.15, 0.2) is 0 Å². The number of aliphatic hydroxyl groups is 1. The quantitative estimate of drug-likeness (QED) is 0.112. The molecule has 17 heteroatoms. The maximum absolute atomic E-state index is 13.5. The van der Waals surface area contributed by atoms with Crippen molar-refractivity contribution in [3.63, 3.8) is 0 Å². The smallest absolute Gasteiger partial charge is 0.308 e. The van der Waals surface area contributed by atoms with Gasteiger partial charge in [-0.15, -0.1) is 0 Å². The van der Waals surface area contributed by atoms with Gasteiger partial charge in [0.1, 0.15) is 22.7 Å². The van der Waals surface area contributed by atoms with Crippen molar-refractivity contribution in [1.82, 2.24) is 8.61 Å². The number of carbonyl (C=O) groups excluding carboxylic acids is 2. The summed E-state index contributed by atoms with van der Waals surface area (Å²) in [6.45, 7) is 19.4. The van der Waals surface area contributed by atoms with Gasteiger partial charge < -0.3 is 28.8 Å². The molecule has 2 heterocycles. The summed E-state index contributed by atoms with van der Waals surface area (Å²) in [5.74, 6) is 0.829. The molecule has 0 aromatic heterocycles. The van der Waals surface area contributed by atoms with Gasteiger partial charge in [-0.25, -0.2) is 16.8 Å². The van der Waals surface area contributed by atoms with Crippen LogP contribution in [0.1, 0.15) is 115 Å². The van der Waals surface area contributed by atoms with E-state index in [1.54, 1.807) is 70.5 Å². The summed E-state index contributed by atoms with van der Waals surface area (Å²) in [7, 11) is -4.13. The summed E-state index contributed by atoms with van der Waals surface area (Å²) >= 11 is 3.16. The number of sulfonamides is 2. The van der Waals surface area contributed by atoms with E-state index in [0.29, 0.717) is 74.8 Å². The molecular formula is C44H71BrN2O12S2. The van der Waals surface area contributed by atoms with Crippen LogP contribution in [0.3, 0.4) is 0 Å². The average Bonchev–Trinajstić information content (AvgIpc) is 3.15. The van der Waals surface area contributed by atoms with Crippen molar-refractivity contribution in [1.29, 1.82) is 0 Å². The van der Waals surface area contributed by atoms with Crippen LogP contribution in [0.25, 0.3) is 0 Å². The van der Waals surface area contributed by atoms with E-state index in [1.165, 1.54) is 4.31 Å². The van der Waals surface area contributed by atoms with Crippen LogP contribution < -0.4 is 9.47 Å². The Balaban J connectivity index is 0.000000357. The van der Waals surface area contributed by atoms with Crippen molar-refractivity contribution in [3.05, 3.63) is 46.5 Å². The first kappa shape index (κ1) is 54.3. The second kappa shape index (κ2) is 24.3. The second-order valence-corrected chi connectivity index (χ2v) is 21.8. The molecule has 14 nitrogen and oxygen atoms in total. The third-order valence-electron chi connectivity index (χ3n) is 9.73. The van der Waals surface area contributed by atoms with E-state index in [9.17, 15) is 31.5 Å². The van der Waals surface area contributed by atoms with Gasteiger partial charge in [0.25, 0.3) is 0 Å². The Morgan fingerprint density at radius 2 is 1.05 bits per heavy atom. The molecule has 0 aliphatic carbocycles. The molecule has 2 saturated heterocycles. The van der Waals surface area contributed by atoms with Crippen molar-refractivity contribution in [2.75, 3.05) is 52.5 Å². The summed E-state index contributed by atoms with van der Waals surface area (Å²) < 4.78 is 82.4. The molecule has 0 radical (unpaired) electrons. The number of aryl methyl sites for hydroxylation is 4. The van der Waals surface area contributed by atoms with Crippen molar-refractivity contribution in [2.24, 2.45) is 0 Å². The minimum atomic E-state index is -3.67. The van der Waals surface area contributed by atoms with Crippen LogP contribution in [0.4, 0.5) is 0 Å². The fraction of sp³-hybridized carbons (Fsp3) is 0.682. The van der Waals surface area contributed by atoms with E-state index >= 15 is 0 Å². The molecule has 2 aromatic rings. The van der Waals surface area contributed by atoms with E-state index in [2.05, 4.69) is 15.9 Å². The van der Waals surface area contributed by atoms with Gasteiger partial charge in [-0.1, -0.05) is 28.8 Å². The number of methoxy groups -OCH3 is 2. The van der Waals surface area contributed by atoms with Crippen LogP contribution in [-0.2, 0) is 43.8 Å². The molecule has 4 rings (SSSR count). The highest BCUT2D eigenvalue weighted by atomic mass is 79.9. The molecule has 1 N–H and O–H groups in total. The lowest BCUT2D eigenvalue weighted by molar-refractivity contribution is -0.156. The lowest BCUT2D eigenvalue weighted by atomic mass is 10.1. The van der Waals surface area contributed by atoms with Crippen LogP contribution in [-0.4, -0.2) is 118 Å². The van der Waals surface area contributed by atoms with Crippen molar-refractivity contribution in [2.45, 2.75) is 154 Å². The van der Waals surface area contributed by atoms with Crippen molar-refractivity contribution >= 4 is 47.9 Å². The number of alkyl halides is 1. The first-order valence-electron chi connectivity index (χ1n) is 20.8. The number of piperidine rings is 2. The number of nitrogens with zero attached hydrogens (tertiary/aromatic N) is 2. The van der Waals surface area contributed by atoms with E-state index in [4.69, 9.17) is 23.7 Å². The Kier molecular flexibility index (Phi) is 21.7. The van der Waals surface area contributed by atoms with Crippen LogP contribution in [0.15, 0.2) is 34.1 Å². The van der Waals surface area contributed by atoms with Gasteiger partial charge in [0.2, 0.25) is 20.0 Å². The van der Waals surface area contributed by atoms with E-state index < -0.39 is 25.6 Å². The first-order valence-corrected chi connectivity index (χ1v) is 24.9. The molecule has 0 amide bonds.